The van der Waals surface area contributed by atoms with Gasteiger partial charge in [-0.2, -0.15) is 9.61 Å². The molecule has 0 bridgehead atoms. The second kappa shape index (κ2) is 6.05. The minimum Gasteiger partial charge on any atom is -0.486 e. The van der Waals surface area contributed by atoms with Crippen LogP contribution in [-0.2, 0) is 6.61 Å². The molecule has 24 heavy (non-hydrogen) atoms. The molecule has 0 saturated heterocycles. The summed E-state index contributed by atoms with van der Waals surface area (Å²) in [5, 5.41) is 14.0. The molecule has 0 saturated carbocycles. The van der Waals surface area contributed by atoms with Crippen molar-refractivity contribution in [3.05, 3.63) is 64.7 Å². The van der Waals surface area contributed by atoms with Crippen LogP contribution in [0.5, 0.6) is 5.75 Å². The summed E-state index contributed by atoms with van der Waals surface area (Å²) in [5.74, 6) is 1.60. The lowest BCUT2D eigenvalue weighted by Crippen LogP contribution is -1.97. The Labute approximate surface area is 143 Å². The Bertz CT molecular complexity index is 1010. The first-order chi connectivity index (χ1) is 11.7. The molecule has 0 atom stereocenters. The van der Waals surface area contributed by atoms with Crippen LogP contribution in [-0.4, -0.2) is 19.8 Å². The second-order valence-corrected chi connectivity index (χ2v) is 6.73. The van der Waals surface area contributed by atoms with Gasteiger partial charge in [0, 0.05) is 5.56 Å². The number of aryl methyl sites for hydroxylation is 2. The van der Waals surface area contributed by atoms with Crippen LogP contribution in [0, 0.1) is 13.8 Å². The highest BCUT2D eigenvalue weighted by atomic mass is 32.1. The van der Waals surface area contributed by atoms with E-state index < -0.39 is 0 Å². The van der Waals surface area contributed by atoms with Crippen molar-refractivity contribution in [3.8, 4) is 17.1 Å². The summed E-state index contributed by atoms with van der Waals surface area (Å²) in [6, 6.07) is 16.2. The van der Waals surface area contributed by atoms with Crippen molar-refractivity contribution in [2.45, 2.75) is 20.5 Å². The highest BCUT2D eigenvalue weighted by molar-refractivity contribution is 7.16. The van der Waals surface area contributed by atoms with Gasteiger partial charge in [-0.1, -0.05) is 47.2 Å². The van der Waals surface area contributed by atoms with Crippen molar-refractivity contribution < 1.29 is 4.74 Å². The summed E-state index contributed by atoms with van der Waals surface area (Å²) >= 11 is 1.49. The third-order valence-electron chi connectivity index (χ3n) is 3.66. The molecule has 5 nitrogen and oxygen atoms in total. The molecule has 0 amide bonds. The molecule has 0 fully saturated rings. The predicted molar refractivity (Wildman–Crippen MR) is 94.3 cm³/mol. The molecule has 0 radical (unpaired) electrons. The molecule has 0 aliphatic carbocycles. The number of benzene rings is 2. The first-order valence-electron chi connectivity index (χ1n) is 7.67. The molecular formula is C18H16N4OS. The number of aromatic nitrogens is 4. The maximum Gasteiger partial charge on any atom is 0.235 e. The zero-order chi connectivity index (χ0) is 16.5. The molecule has 4 rings (SSSR count). The van der Waals surface area contributed by atoms with Crippen molar-refractivity contribution in [3.63, 3.8) is 0 Å². The van der Waals surface area contributed by atoms with Crippen LogP contribution in [0.1, 0.15) is 16.1 Å². The lowest BCUT2D eigenvalue weighted by molar-refractivity contribution is 0.304. The Morgan fingerprint density at radius 3 is 2.58 bits per heavy atom. The number of nitrogens with zero attached hydrogens (tertiary/aromatic N) is 4. The van der Waals surface area contributed by atoms with Gasteiger partial charge in [-0.25, -0.2) is 0 Å². The van der Waals surface area contributed by atoms with E-state index in [2.05, 4.69) is 34.4 Å². The molecule has 0 aliphatic heterocycles. The Kier molecular flexibility index (Phi) is 3.74. The highest BCUT2D eigenvalue weighted by Crippen LogP contribution is 2.23. The molecule has 2 aromatic heterocycles. The van der Waals surface area contributed by atoms with Crippen LogP contribution in [0.3, 0.4) is 0 Å². The smallest absolute Gasteiger partial charge is 0.235 e. The van der Waals surface area contributed by atoms with Crippen LogP contribution in [0.25, 0.3) is 16.3 Å². The van der Waals surface area contributed by atoms with E-state index in [9.17, 15) is 0 Å². The Balaban J connectivity index is 1.60. The topological polar surface area (TPSA) is 52.3 Å². The molecule has 2 aromatic carbocycles. The molecule has 2 heterocycles. The van der Waals surface area contributed by atoms with Gasteiger partial charge in [0.1, 0.15) is 12.4 Å². The molecular weight excluding hydrogens is 320 g/mol. The summed E-state index contributed by atoms with van der Waals surface area (Å²) in [7, 11) is 0. The van der Waals surface area contributed by atoms with E-state index >= 15 is 0 Å². The molecule has 4 aromatic rings. The minimum absolute atomic E-state index is 0.421. The Morgan fingerprint density at radius 2 is 1.79 bits per heavy atom. The molecule has 0 N–H and O–H groups in total. The summed E-state index contributed by atoms with van der Waals surface area (Å²) in [6.07, 6.45) is 0. The van der Waals surface area contributed by atoms with E-state index in [4.69, 9.17) is 4.74 Å². The fourth-order valence-electron chi connectivity index (χ4n) is 2.53. The van der Waals surface area contributed by atoms with Crippen molar-refractivity contribution in [1.29, 1.82) is 0 Å². The summed E-state index contributed by atoms with van der Waals surface area (Å²) in [4.78, 5) is 0.773. The standard InChI is InChI=1S/C18H16N4OS/c1-12-5-3-7-14(9-12)17-19-20-18-22(17)21-16(24-18)11-23-15-8-4-6-13(2)10-15/h3-10H,11H2,1-2H3. The molecule has 0 spiro atoms. The third-order valence-corrected chi connectivity index (χ3v) is 4.53. The average Bonchev–Trinajstić information content (AvgIpc) is 3.13. The molecule has 0 unspecified atom stereocenters. The van der Waals surface area contributed by atoms with Gasteiger partial charge in [0.15, 0.2) is 10.8 Å². The lowest BCUT2D eigenvalue weighted by Gasteiger charge is -2.04. The van der Waals surface area contributed by atoms with Gasteiger partial charge in [0.25, 0.3) is 0 Å². The maximum absolute atomic E-state index is 5.82. The van der Waals surface area contributed by atoms with Gasteiger partial charge in [0.05, 0.1) is 0 Å². The molecule has 120 valence electrons. The van der Waals surface area contributed by atoms with E-state index in [0.29, 0.717) is 6.61 Å². The second-order valence-electron chi connectivity index (χ2n) is 5.69. The Morgan fingerprint density at radius 1 is 1.00 bits per heavy atom. The first-order valence-corrected chi connectivity index (χ1v) is 8.48. The van der Waals surface area contributed by atoms with Gasteiger partial charge in [-0.3, -0.25) is 0 Å². The average molecular weight is 336 g/mol. The van der Waals surface area contributed by atoms with Crippen molar-refractivity contribution >= 4 is 16.3 Å². The van der Waals surface area contributed by atoms with Crippen LogP contribution >= 0.6 is 11.3 Å². The molecule has 6 heteroatoms. The number of rotatable bonds is 4. The van der Waals surface area contributed by atoms with E-state index in [-0.39, 0.29) is 0 Å². The summed E-state index contributed by atoms with van der Waals surface area (Å²) in [5.41, 5.74) is 3.37. The number of fused-ring (bicyclic) bond motifs is 1. The zero-order valence-corrected chi connectivity index (χ0v) is 14.2. The minimum atomic E-state index is 0.421. The van der Waals surface area contributed by atoms with E-state index in [1.54, 1.807) is 4.52 Å². The van der Waals surface area contributed by atoms with Gasteiger partial charge in [-0.15, -0.1) is 10.2 Å². The van der Waals surface area contributed by atoms with E-state index in [1.807, 2.05) is 43.3 Å². The molecule has 0 aliphatic rings. The van der Waals surface area contributed by atoms with Crippen molar-refractivity contribution in [1.82, 2.24) is 19.8 Å². The lowest BCUT2D eigenvalue weighted by atomic mass is 10.1. The summed E-state index contributed by atoms with van der Waals surface area (Å²) < 4.78 is 7.61. The number of ether oxygens (including phenoxy) is 1. The zero-order valence-electron chi connectivity index (χ0n) is 13.4. The van der Waals surface area contributed by atoms with Crippen molar-refractivity contribution in [2.24, 2.45) is 0 Å². The van der Waals surface area contributed by atoms with E-state index in [1.165, 1.54) is 22.5 Å². The van der Waals surface area contributed by atoms with Crippen LogP contribution < -0.4 is 4.74 Å². The quantitative estimate of drug-likeness (QED) is 0.564. The van der Waals surface area contributed by atoms with Gasteiger partial charge in [-0.05, 0) is 37.6 Å². The fraction of sp³-hybridized carbons (Fsp3) is 0.167. The largest absolute Gasteiger partial charge is 0.486 e. The van der Waals surface area contributed by atoms with Crippen LogP contribution in [0.4, 0.5) is 0 Å². The van der Waals surface area contributed by atoms with Crippen LogP contribution in [0.15, 0.2) is 48.5 Å². The Hall–Kier alpha value is -2.73. The van der Waals surface area contributed by atoms with E-state index in [0.717, 1.165) is 27.1 Å². The van der Waals surface area contributed by atoms with Gasteiger partial charge < -0.3 is 4.74 Å². The normalized spacial score (nSPS) is 11.1. The SMILES string of the molecule is Cc1cccc(OCc2nn3c(-c4cccc(C)c4)nnc3s2)c1. The highest BCUT2D eigenvalue weighted by Gasteiger charge is 2.13. The first kappa shape index (κ1) is 14.8. The fourth-order valence-corrected chi connectivity index (χ4v) is 3.28. The van der Waals surface area contributed by atoms with Gasteiger partial charge >= 0.3 is 0 Å². The maximum atomic E-state index is 5.82. The van der Waals surface area contributed by atoms with Crippen LogP contribution in [0.2, 0.25) is 0 Å². The predicted octanol–water partition coefficient (Wildman–Crippen LogP) is 4.05. The third kappa shape index (κ3) is 2.88. The number of hydrogen-bond donors (Lipinski definition) is 0. The number of hydrogen-bond acceptors (Lipinski definition) is 5. The monoisotopic (exact) mass is 336 g/mol. The van der Waals surface area contributed by atoms with Gasteiger partial charge in [0.2, 0.25) is 4.96 Å². The van der Waals surface area contributed by atoms with Crippen molar-refractivity contribution in [2.75, 3.05) is 0 Å². The summed E-state index contributed by atoms with van der Waals surface area (Å²) in [6.45, 7) is 4.53.